The molecule has 0 bridgehead atoms. The Hall–Kier alpha value is -0.650. The Labute approximate surface area is 129 Å². The van der Waals surface area contributed by atoms with Crippen molar-refractivity contribution in [2.75, 3.05) is 27.4 Å². The molecule has 5 nitrogen and oxygen atoms in total. The average Bonchev–Trinajstić information content (AvgIpc) is 2.83. The Bertz CT molecular complexity index is 335. The van der Waals surface area contributed by atoms with Crippen molar-refractivity contribution in [1.82, 2.24) is 10.2 Å². The second-order valence-corrected chi connectivity index (χ2v) is 6.47. The number of hydrogen-bond acceptors (Lipinski definition) is 5. The number of ether oxygens (including phenoxy) is 2. The molecule has 1 fully saturated rings. The first-order valence-corrected chi connectivity index (χ1v) is 8.02. The Morgan fingerprint density at radius 3 is 2.62 bits per heavy atom. The number of carbonyl (C=O) groups is 1. The van der Waals surface area contributed by atoms with Crippen molar-refractivity contribution >= 4 is 5.97 Å². The highest BCUT2D eigenvalue weighted by atomic mass is 16.5. The summed E-state index contributed by atoms with van der Waals surface area (Å²) < 4.78 is 10.6. The van der Waals surface area contributed by atoms with E-state index in [2.05, 4.69) is 38.0 Å². The normalized spacial score (nSPS) is 27.3. The van der Waals surface area contributed by atoms with E-state index in [-0.39, 0.29) is 12.0 Å². The van der Waals surface area contributed by atoms with Crippen LogP contribution in [0.15, 0.2) is 0 Å². The number of rotatable bonds is 8. The monoisotopic (exact) mass is 300 g/mol. The zero-order chi connectivity index (χ0) is 16.0. The summed E-state index contributed by atoms with van der Waals surface area (Å²) in [7, 11) is 3.84. The summed E-state index contributed by atoms with van der Waals surface area (Å²) in [4.78, 5) is 14.8. The van der Waals surface area contributed by atoms with Gasteiger partial charge in [-0.15, -0.1) is 0 Å². The molecule has 1 aliphatic rings. The molecule has 0 aliphatic heterocycles. The molecular weight excluding hydrogens is 268 g/mol. The van der Waals surface area contributed by atoms with Crippen LogP contribution in [0.4, 0.5) is 0 Å². The van der Waals surface area contributed by atoms with Crippen LogP contribution in [0.3, 0.4) is 0 Å². The summed E-state index contributed by atoms with van der Waals surface area (Å²) in [6.07, 6.45) is 2.64. The fourth-order valence-corrected chi connectivity index (χ4v) is 3.28. The molecule has 124 valence electrons. The van der Waals surface area contributed by atoms with E-state index >= 15 is 0 Å². The maximum absolute atomic E-state index is 12.4. The molecule has 0 aromatic rings. The molecular formula is C16H32N2O3. The number of carbonyl (C=O) groups excluding carboxylic acids is 1. The molecule has 3 atom stereocenters. The van der Waals surface area contributed by atoms with Gasteiger partial charge in [0.15, 0.2) is 0 Å². The Balaban J connectivity index is 2.78. The lowest BCUT2D eigenvalue weighted by molar-refractivity contribution is -0.151. The summed E-state index contributed by atoms with van der Waals surface area (Å²) in [6.45, 7) is 9.30. The van der Waals surface area contributed by atoms with Gasteiger partial charge >= 0.3 is 5.97 Å². The van der Waals surface area contributed by atoms with Crippen molar-refractivity contribution < 1.29 is 14.3 Å². The van der Waals surface area contributed by atoms with Gasteiger partial charge in [0.1, 0.15) is 5.54 Å². The lowest BCUT2D eigenvalue weighted by Crippen LogP contribution is -2.55. The first-order chi connectivity index (χ1) is 9.86. The Morgan fingerprint density at radius 2 is 2.10 bits per heavy atom. The highest BCUT2D eigenvalue weighted by Crippen LogP contribution is 2.35. The summed E-state index contributed by atoms with van der Waals surface area (Å²) >= 11 is 0. The molecule has 1 rings (SSSR count). The Kier molecular flexibility index (Phi) is 7.10. The standard InChI is InChI=1S/C16H32N2O3/c1-7-21-15(19)16(17-12(2)3)9-8-14(10-16)18(5)13(4)11-20-6/h12-14,17H,7-11H2,1-6H3. The summed E-state index contributed by atoms with van der Waals surface area (Å²) in [5.74, 6) is -0.103. The van der Waals surface area contributed by atoms with Crippen LogP contribution in [0.1, 0.15) is 47.0 Å². The summed E-state index contributed by atoms with van der Waals surface area (Å²) in [6, 6.07) is 0.984. The highest BCUT2D eigenvalue weighted by Gasteiger charge is 2.48. The third kappa shape index (κ3) is 4.66. The van der Waals surface area contributed by atoms with Crippen LogP contribution >= 0.6 is 0 Å². The average molecular weight is 300 g/mol. The van der Waals surface area contributed by atoms with Gasteiger partial charge in [0.25, 0.3) is 0 Å². The van der Waals surface area contributed by atoms with Crippen LogP contribution < -0.4 is 5.32 Å². The molecule has 0 amide bonds. The van der Waals surface area contributed by atoms with E-state index in [0.29, 0.717) is 25.3 Å². The van der Waals surface area contributed by atoms with E-state index in [1.165, 1.54) is 0 Å². The van der Waals surface area contributed by atoms with Gasteiger partial charge in [-0.05, 0) is 54.0 Å². The van der Waals surface area contributed by atoms with Crippen LogP contribution in [0.25, 0.3) is 0 Å². The van der Waals surface area contributed by atoms with Gasteiger partial charge in [-0.2, -0.15) is 0 Å². The van der Waals surface area contributed by atoms with Crippen LogP contribution in [-0.2, 0) is 14.3 Å². The zero-order valence-corrected chi connectivity index (χ0v) is 14.4. The molecule has 0 heterocycles. The van der Waals surface area contributed by atoms with Gasteiger partial charge < -0.3 is 9.47 Å². The molecule has 0 spiro atoms. The van der Waals surface area contributed by atoms with E-state index in [9.17, 15) is 4.79 Å². The molecule has 3 unspecified atom stereocenters. The molecule has 0 aromatic carbocycles. The van der Waals surface area contributed by atoms with E-state index in [0.717, 1.165) is 19.3 Å². The molecule has 1 saturated carbocycles. The largest absolute Gasteiger partial charge is 0.465 e. The van der Waals surface area contributed by atoms with Gasteiger partial charge in [-0.1, -0.05) is 0 Å². The minimum Gasteiger partial charge on any atom is -0.465 e. The quantitative estimate of drug-likeness (QED) is 0.693. The van der Waals surface area contributed by atoms with Crippen molar-refractivity contribution in [2.24, 2.45) is 0 Å². The van der Waals surface area contributed by atoms with Crippen molar-refractivity contribution in [1.29, 1.82) is 0 Å². The van der Waals surface area contributed by atoms with Crippen molar-refractivity contribution in [3.05, 3.63) is 0 Å². The van der Waals surface area contributed by atoms with Gasteiger partial charge in [0, 0.05) is 25.2 Å². The first-order valence-electron chi connectivity index (χ1n) is 8.02. The van der Waals surface area contributed by atoms with E-state index in [1.54, 1.807) is 7.11 Å². The highest BCUT2D eigenvalue weighted by molar-refractivity contribution is 5.81. The Morgan fingerprint density at radius 1 is 1.43 bits per heavy atom. The molecule has 0 radical (unpaired) electrons. The third-order valence-electron chi connectivity index (χ3n) is 4.40. The van der Waals surface area contributed by atoms with Crippen LogP contribution in [0, 0.1) is 0 Å². The van der Waals surface area contributed by atoms with Crippen LogP contribution in [0.5, 0.6) is 0 Å². The second-order valence-electron chi connectivity index (χ2n) is 6.47. The van der Waals surface area contributed by atoms with Crippen molar-refractivity contribution in [2.45, 2.75) is 70.6 Å². The molecule has 0 aromatic heterocycles. The van der Waals surface area contributed by atoms with Crippen molar-refractivity contribution in [3.8, 4) is 0 Å². The molecule has 0 saturated heterocycles. The smallest absolute Gasteiger partial charge is 0.326 e. The topological polar surface area (TPSA) is 50.8 Å². The van der Waals surface area contributed by atoms with E-state index < -0.39 is 5.54 Å². The SMILES string of the molecule is CCOC(=O)C1(NC(C)C)CCC(N(C)C(C)COC)C1. The van der Waals surface area contributed by atoms with Crippen LogP contribution in [0.2, 0.25) is 0 Å². The minimum atomic E-state index is -0.532. The fourth-order valence-electron chi connectivity index (χ4n) is 3.28. The predicted molar refractivity (Wildman–Crippen MR) is 84.4 cm³/mol. The number of likely N-dealkylation sites (N-methyl/N-ethyl adjacent to an activating group) is 1. The molecule has 1 N–H and O–H groups in total. The lowest BCUT2D eigenvalue weighted by atomic mass is 9.96. The third-order valence-corrected chi connectivity index (χ3v) is 4.40. The molecule has 5 heteroatoms. The minimum absolute atomic E-state index is 0.103. The van der Waals surface area contributed by atoms with E-state index in [1.807, 2.05) is 6.92 Å². The van der Waals surface area contributed by atoms with Crippen molar-refractivity contribution in [3.63, 3.8) is 0 Å². The zero-order valence-electron chi connectivity index (χ0n) is 14.4. The van der Waals surface area contributed by atoms with Gasteiger partial charge in [0.2, 0.25) is 0 Å². The number of nitrogens with one attached hydrogen (secondary N) is 1. The van der Waals surface area contributed by atoms with Gasteiger partial charge in [-0.3, -0.25) is 15.0 Å². The molecule has 21 heavy (non-hydrogen) atoms. The summed E-state index contributed by atoms with van der Waals surface area (Å²) in [5, 5.41) is 3.46. The van der Waals surface area contributed by atoms with Gasteiger partial charge in [0.05, 0.1) is 13.2 Å². The maximum Gasteiger partial charge on any atom is 0.326 e. The predicted octanol–water partition coefficient (Wildman–Crippen LogP) is 1.81. The van der Waals surface area contributed by atoms with Crippen LogP contribution in [-0.4, -0.2) is 61.9 Å². The number of nitrogens with zero attached hydrogens (tertiary/aromatic N) is 1. The summed E-state index contributed by atoms with van der Waals surface area (Å²) in [5.41, 5.74) is -0.532. The second kappa shape index (κ2) is 8.11. The lowest BCUT2D eigenvalue weighted by Gasteiger charge is -2.34. The number of methoxy groups -OCH3 is 1. The maximum atomic E-state index is 12.4. The van der Waals surface area contributed by atoms with E-state index in [4.69, 9.17) is 9.47 Å². The number of hydrogen-bond donors (Lipinski definition) is 1. The fraction of sp³-hybridized carbons (Fsp3) is 0.938. The van der Waals surface area contributed by atoms with Gasteiger partial charge in [-0.25, -0.2) is 0 Å². The molecule has 1 aliphatic carbocycles. The number of esters is 1. The first kappa shape index (κ1) is 18.4.